The molecule has 0 radical (unpaired) electrons. The zero-order chi connectivity index (χ0) is 20.2. The maximum absolute atomic E-state index is 12.6. The summed E-state index contributed by atoms with van der Waals surface area (Å²) in [5.74, 6) is 0.461. The van der Waals surface area contributed by atoms with Crippen molar-refractivity contribution in [2.24, 2.45) is 5.92 Å². The molecule has 1 N–H and O–H groups in total. The fraction of sp³-hybridized carbons (Fsp3) is 0.571. The lowest BCUT2D eigenvalue weighted by atomic mass is 9.90. The van der Waals surface area contributed by atoms with E-state index in [1.165, 1.54) is 15.4 Å². The number of thiazole rings is 1. The third kappa shape index (κ3) is 4.80. The van der Waals surface area contributed by atoms with Crippen LogP contribution in [0.5, 0.6) is 0 Å². The van der Waals surface area contributed by atoms with E-state index in [1.807, 2.05) is 17.9 Å². The minimum atomic E-state index is 0.0539. The molecule has 0 aromatic carbocycles. The van der Waals surface area contributed by atoms with Crippen LogP contribution < -0.4 is 10.2 Å². The molecule has 4 rings (SSSR count). The molecule has 1 saturated heterocycles. The van der Waals surface area contributed by atoms with Gasteiger partial charge in [-0.3, -0.25) is 9.59 Å². The van der Waals surface area contributed by atoms with Gasteiger partial charge in [0, 0.05) is 54.8 Å². The summed E-state index contributed by atoms with van der Waals surface area (Å²) < 4.78 is 0. The fourth-order valence-corrected chi connectivity index (χ4v) is 5.95. The Morgan fingerprint density at radius 3 is 2.83 bits per heavy atom. The summed E-state index contributed by atoms with van der Waals surface area (Å²) in [6, 6.07) is 4.16. The van der Waals surface area contributed by atoms with Crippen LogP contribution in [0, 0.1) is 5.92 Å². The smallest absolute Gasteiger partial charge is 0.223 e. The molecule has 0 unspecified atom stereocenters. The van der Waals surface area contributed by atoms with Gasteiger partial charge in [-0.15, -0.1) is 22.7 Å². The number of nitrogens with one attached hydrogen (secondary N) is 1. The van der Waals surface area contributed by atoms with E-state index in [0.29, 0.717) is 13.0 Å². The van der Waals surface area contributed by atoms with E-state index in [1.54, 1.807) is 22.7 Å². The molecule has 1 atom stereocenters. The molecule has 1 aliphatic heterocycles. The summed E-state index contributed by atoms with van der Waals surface area (Å²) in [5, 5.41) is 6.24. The Bertz CT molecular complexity index is 841. The van der Waals surface area contributed by atoms with Crippen molar-refractivity contribution in [3.8, 4) is 0 Å². The molecule has 6 nitrogen and oxygen atoms in total. The van der Waals surface area contributed by atoms with Crippen LogP contribution in [0.4, 0.5) is 5.13 Å². The number of aromatic nitrogens is 1. The maximum Gasteiger partial charge on any atom is 0.223 e. The van der Waals surface area contributed by atoms with Crippen molar-refractivity contribution < 1.29 is 9.59 Å². The van der Waals surface area contributed by atoms with Crippen molar-refractivity contribution in [3.63, 3.8) is 0 Å². The number of fused-ring (bicyclic) bond motifs is 1. The van der Waals surface area contributed by atoms with Crippen LogP contribution in [0.2, 0.25) is 0 Å². The molecule has 2 aromatic rings. The van der Waals surface area contributed by atoms with Crippen LogP contribution in [-0.4, -0.2) is 54.4 Å². The van der Waals surface area contributed by atoms with Crippen molar-refractivity contribution in [2.75, 3.05) is 37.6 Å². The highest BCUT2D eigenvalue weighted by Crippen LogP contribution is 2.34. The van der Waals surface area contributed by atoms with Gasteiger partial charge in [-0.1, -0.05) is 13.0 Å². The van der Waals surface area contributed by atoms with Crippen LogP contribution in [-0.2, 0) is 28.9 Å². The first-order chi connectivity index (χ1) is 14.1. The van der Waals surface area contributed by atoms with Crippen molar-refractivity contribution in [1.29, 1.82) is 0 Å². The third-order valence-electron chi connectivity index (χ3n) is 5.76. The highest BCUT2D eigenvalue weighted by Gasteiger charge is 2.29. The monoisotopic (exact) mass is 432 g/mol. The quantitative estimate of drug-likeness (QED) is 0.762. The number of piperazine rings is 1. The normalized spacial score (nSPS) is 19.1. The van der Waals surface area contributed by atoms with E-state index < -0.39 is 0 Å². The number of amides is 2. The average molecular weight is 433 g/mol. The molecular weight excluding hydrogens is 404 g/mol. The molecule has 29 heavy (non-hydrogen) atoms. The molecule has 3 heterocycles. The predicted octanol–water partition coefficient (Wildman–Crippen LogP) is 2.73. The number of thiophene rings is 1. The molecular formula is C21H28N4O2S2. The summed E-state index contributed by atoms with van der Waals surface area (Å²) in [7, 11) is 0. The highest BCUT2D eigenvalue weighted by atomic mass is 32.1. The highest BCUT2D eigenvalue weighted by molar-refractivity contribution is 7.15. The number of carbonyl (C=O) groups is 2. The van der Waals surface area contributed by atoms with E-state index in [9.17, 15) is 9.59 Å². The van der Waals surface area contributed by atoms with Gasteiger partial charge >= 0.3 is 0 Å². The summed E-state index contributed by atoms with van der Waals surface area (Å²) in [4.78, 5) is 36.1. The summed E-state index contributed by atoms with van der Waals surface area (Å²) in [5.41, 5.74) is 1.17. The first-order valence-electron chi connectivity index (χ1n) is 10.5. The number of hydrogen-bond donors (Lipinski definition) is 1. The van der Waals surface area contributed by atoms with Crippen molar-refractivity contribution >= 4 is 39.6 Å². The zero-order valence-corrected chi connectivity index (χ0v) is 18.5. The van der Waals surface area contributed by atoms with Crippen molar-refractivity contribution in [2.45, 2.75) is 39.0 Å². The van der Waals surface area contributed by atoms with Gasteiger partial charge < -0.3 is 15.1 Å². The van der Waals surface area contributed by atoms with Gasteiger partial charge in [-0.2, -0.15) is 0 Å². The lowest BCUT2D eigenvalue weighted by Crippen LogP contribution is -2.48. The molecule has 1 aliphatic carbocycles. The van der Waals surface area contributed by atoms with Gasteiger partial charge in [0.05, 0.1) is 5.69 Å². The summed E-state index contributed by atoms with van der Waals surface area (Å²) in [6.45, 7) is 5.84. The number of hydrogen-bond acceptors (Lipinski definition) is 6. The second kappa shape index (κ2) is 9.26. The minimum absolute atomic E-state index is 0.0539. The summed E-state index contributed by atoms with van der Waals surface area (Å²) in [6.07, 6.45) is 4.02. The number of rotatable bonds is 6. The second-order valence-corrected chi connectivity index (χ2v) is 9.74. The predicted molar refractivity (Wildman–Crippen MR) is 118 cm³/mol. The Morgan fingerprint density at radius 2 is 2.10 bits per heavy atom. The molecule has 0 bridgehead atoms. The molecule has 1 fully saturated rings. The molecule has 2 aliphatic rings. The van der Waals surface area contributed by atoms with Gasteiger partial charge in [0.25, 0.3) is 0 Å². The Hall–Kier alpha value is -1.93. The topological polar surface area (TPSA) is 65.5 Å². The van der Waals surface area contributed by atoms with E-state index >= 15 is 0 Å². The van der Waals surface area contributed by atoms with Gasteiger partial charge in [0.2, 0.25) is 11.8 Å². The minimum Gasteiger partial charge on any atom is -0.355 e. The van der Waals surface area contributed by atoms with Crippen LogP contribution in [0.3, 0.4) is 0 Å². The van der Waals surface area contributed by atoms with Gasteiger partial charge in [-0.25, -0.2) is 4.98 Å². The molecule has 8 heteroatoms. The van der Waals surface area contributed by atoms with Crippen LogP contribution in [0.1, 0.15) is 35.2 Å². The standard InChI is InChI=1S/C21H28N4O2S2/c1-2-19(26)24-9-11-25(12-10-24)21-23-17-6-5-15(14-18(17)29-21)20(27)22-8-7-16-4-3-13-28-16/h3-4,13,15H,2,5-12,14H2,1H3,(H,22,27)/t15-/m0/s1. The Labute approximate surface area is 179 Å². The van der Waals surface area contributed by atoms with Gasteiger partial charge in [-0.05, 0) is 37.1 Å². The molecule has 0 spiro atoms. The Morgan fingerprint density at radius 1 is 1.28 bits per heavy atom. The molecule has 0 saturated carbocycles. The lowest BCUT2D eigenvalue weighted by molar-refractivity contribution is -0.131. The summed E-state index contributed by atoms with van der Waals surface area (Å²) >= 11 is 3.47. The zero-order valence-electron chi connectivity index (χ0n) is 16.9. The first kappa shape index (κ1) is 20.3. The SMILES string of the molecule is CCC(=O)N1CCN(c2nc3c(s2)C[C@@H](C(=O)NCCc2cccs2)CC3)CC1. The van der Waals surface area contributed by atoms with Crippen molar-refractivity contribution in [1.82, 2.24) is 15.2 Å². The lowest BCUT2D eigenvalue weighted by Gasteiger charge is -2.34. The molecule has 2 aromatic heterocycles. The number of aryl methyl sites for hydroxylation is 1. The van der Waals surface area contributed by atoms with Crippen LogP contribution in [0.25, 0.3) is 0 Å². The van der Waals surface area contributed by atoms with E-state index in [4.69, 9.17) is 4.98 Å². The Balaban J connectivity index is 1.29. The average Bonchev–Trinajstić information content (AvgIpc) is 3.42. The number of carbonyl (C=O) groups excluding carboxylic acids is 2. The first-order valence-corrected chi connectivity index (χ1v) is 12.1. The van der Waals surface area contributed by atoms with Crippen LogP contribution >= 0.6 is 22.7 Å². The molecule has 156 valence electrons. The van der Waals surface area contributed by atoms with Crippen LogP contribution in [0.15, 0.2) is 17.5 Å². The van der Waals surface area contributed by atoms with E-state index in [0.717, 1.165) is 57.0 Å². The van der Waals surface area contributed by atoms with E-state index in [-0.39, 0.29) is 17.7 Å². The fourth-order valence-electron chi connectivity index (χ4n) is 4.00. The second-order valence-electron chi connectivity index (χ2n) is 7.65. The van der Waals surface area contributed by atoms with Crippen molar-refractivity contribution in [3.05, 3.63) is 33.0 Å². The maximum atomic E-state index is 12.6. The van der Waals surface area contributed by atoms with Gasteiger partial charge in [0.1, 0.15) is 0 Å². The third-order valence-corrected chi connectivity index (χ3v) is 7.87. The van der Waals surface area contributed by atoms with E-state index in [2.05, 4.69) is 21.7 Å². The largest absolute Gasteiger partial charge is 0.355 e. The number of anilines is 1. The number of nitrogens with zero attached hydrogens (tertiary/aromatic N) is 3. The molecule has 2 amide bonds. The van der Waals surface area contributed by atoms with Gasteiger partial charge in [0.15, 0.2) is 5.13 Å². The Kier molecular flexibility index (Phi) is 6.50.